The highest BCUT2D eigenvalue weighted by Crippen LogP contribution is 2.25. The summed E-state index contributed by atoms with van der Waals surface area (Å²) in [7, 11) is 3.93. The Kier molecular flexibility index (Phi) is 4.17. The predicted molar refractivity (Wildman–Crippen MR) is 70.4 cm³/mol. The molecule has 1 aliphatic heterocycles. The first kappa shape index (κ1) is 12.6. The minimum Gasteiger partial charge on any atom is -0.473 e. The van der Waals surface area contributed by atoms with Crippen LogP contribution < -0.4 is 10.1 Å². The molecule has 0 atom stereocenters. The quantitative estimate of drug-likeness (QED) is 0.922. The predicted octanol–water partition coefficient (Wildman–Crippen LogP) is 1.75. The lowest BCUT2D eigenvalue weighted by Crippen LogP contribution is -2.35. The molecule has 94 valence electrons. The largest absolute Gasteiger partial charge is 0.473 e. The monoisotopic (exact) mass is 300 g/mol. The average Bonchev–Trinajstić information content (AvgIpc) is 2.35. The van der Waals surface area contributed by atoms with Crippen molar-refractivity contribution in [3.8, 4) is 5.88 Å². The lowest BCUT2D eigenvalue weighted by molar-refractivity contribution is 0.109. The number of likely N-dealkylation sites (tertiary alicyclic amines) is 1. The van der Waals surface area contributed by atoms with E-state index in [0.29, 0.717) is 11.8 Å². The fraction of sp³-hybridized carbons (Fsp3) is 0.636. The molecular weight excluding hydrogens is 284 g/mol. The number of ether oxygens (including phenoxy) is 1. The van der Waals surface area contributed by atoms with Gasteiger partial charge in [0, 0.05) is 20.1 Å². The molecule has 0 aromatic carbocycles. The van der Waals surface area contributed by atoms with Crippen molar-refractivity contribution in [3.63, 3.8) is 0 Å². The number of hydrogen-bond donors (Lipinski definition) is 1. The van der Waals surface area contributed by atoms with Crippen molar-refractivity contribution in [2.75, 3.05) is 32.5 Å². The number of halogens is 1. The van der Waals surface area contributed by atoms with E-state index in [1.807, 2.05) is 0 Å². The summed E-state index contributed by atoms with van der Waals surface area (Å²) in [6.45, 7) is 2.15. The molecular formula is C11H17BrN4O. The van der Waals surface area contributed by atoms with Crippen LogP contribution in [0.2, 0.25) is 0 Å². The van der Waals surface area contributed by atoms with Crippen LogP contribution in [0.3, 0.4) is 0 Å². The van der Waals surface area contributed by atoms with E-state index in [0.717, 1.165) is 30.4 Å². The first-order valence-electron chi connectivity index (χ1n) is 5.74. The summed E-state index contributed by atoms with van der Waals surface area (Å²) in [6.07, 6.45) is 4.05. The van der Waals surface area contributed by atoms with Crippen LogP contribution in [0.4, 0.5) is 5.95 Å². The maximum Gasteiger partial charge on any atom is 0.233 e. The van der Waals surface area contributed by atoms with Gasteiger partial charge < -0.3 is 15.0 Å². The zero-order valence-corrected chi connectivity index (χ0v) is 11.7. The van der Waals surface area contributed by atoms with E-state index >= 15 is 0 Å². The molecule has 0 unspecified atom stereocenters. The molecule has 0 aliphatic carbocycles. The van der Waals surface area contributed by atoms with E-state index in [4.69, 9.17) is 4.74 Å². The van der Waals surface area contributed by atoms with Crippen LogP contribution in [0.25, 0.3) is 0 Å². The van der Waals surface area contributed by atoms with Crippen LogP contribution in [0.1, 0.15) is 12.8 Å². The Morgan fingerprint density at radius 1 is 1.47 bits per heavy atom. The molecule has 0 radical (unpaired) electrons. The maximum absolute atomic E-state index is 5.91. The smallest absolute Gasteiger partial charge is 0.233 e. The minimum absolute atomic E-state index is 0.252. The Bertz CT molecular complexity index is 380. The first-order valence-corrected chi connectivity index (χ1v) is 6.54. The van der Waals surface area contributed by atoms with Crippen LogP contribution in [0.5, 0.6) is 5.88 Å². The molecule has 0 amide bonds. The highest BCUT2D eigenvalue weighted by Gasteiger charge is 2.19. The molecule has 1 aromatic heterocycles. The summed E-state index contributed by atoms with van der Waals surface area (Å²) < 4.78 is 6.71. The van der Waals surface area contributed by atoms with Crippen molar-refractivity contribution in [3.05, 3.63) is 10.7 Å². The van der Waals surface area contributed by atoms with E-state index in [1.54, 1.807) is 13.2 Å². The molecule has 2 rings (SSSR count). The SMILES string of the molecule is CNc1ncc(Br)c(OC2CCN(C)CC2)n1. The lowest BCUT2D eigenvalue weighted by atomic mass is 10.1. The summed E-state index contributed by atoms with van der Waals surface area (Å²) in [5.41, 5.74) is 0. The minimum atomic E-state index is 0.252. The molecule has 5 nitrogen and oxygen atoms in total. The molecule has 0 bridgehead atoms. The third-order valence-corrected chi connectivity index (χ3v) is 3.42. The average molecular weight is 301 g/mol. The third kappa shape index (κ3) is 3.29. The lowest BCUT2D eigenvalue weighted by Gasteiger charge is -2.29. The fourth-order valence-corrected chi connectivity index (χ4v) is 2.10. The third-order valence-electron chi connectivity index (χ3n) is 2.88. The molecule has 1 N–H and O–H groups in total. The number of piperidine rings is 1. The van der Waals surface area contributed by atoms with Crippen LogP contribution in [-0.4, -0.2) is 48.2 Å². The first-order chi connectivity index (χ1) is 8.19. The summed E-state index contributed by atoms with van der Waals surface area (Å²) in [5, 5.41) is 2.91. The Balaban J connectivity index is 2.02. The van der Waals surface area contributed by atoms with Crippen LogP contribution in [0.15, 0.2) is 10.7 Å². The van der Waals surface area contributed by atoms with Gasteiger partial charge in [0.2, 0.25) is 11.8 Å². The highest BCUT2D eigenvalue weighted by molar-refractivity contribution is 9.10. The van der Waals surface area contributed by atoms with E-state index in [1.165, 1.54) is 0 Å². The Morgan fingerprint density at radius 2 is 2.18 bits per heavy atom. The molecule has 17 heavy (non-hydrogen) atoms. The molecule has 1 saturated heterocycles. The zero-order chi connectivity index (χ0) is 12.3. The molecule has 1 aliphatic rings. The van der Waals surface area contributed by atoms with Gasteiger partial charge in [0.15, 0.2) is 0 Å². The summed E-state index contributed by atoms with van der Waals surface area (Å²) in [4.78, 5) is 10.7. The maximum atomic E-state index is 5.91. The molecule has 0 saturated carbocycles. The second-order valence-corrected chi connectivity index (χ2v) is 5.07. The van der Waals surface area contributed by atoms with Crippen molar-refractivity contribution in [1.29, 1.82) is 0 Å². The summed E-state index contributed by atoms with van der Waals surface area (Å²) in [6, 6.07) is 0. The second kappa shape index (κ2) is 5.64. The number of rotatable bonds is 3. The normalized spacial score (nSPS) is 18.1. The molecule has 2 heterocycles. The van der Waals surface area contributed by atoms with Gasteiger partial charge in [0.25, 0.3) is 0 Å². The molecule has 6 heteroatoms. The van der Waals surface area contributed by atoms with E-state index < -0.39 is 0 Å². The fourth-order valence-electron chi connectivity index (χ4n) is 1.82. The van der Waals surface area contributed by atoms with Gasteiger partial charge in [-0.15, -0.1) is 0 Å². The zero-order valence-electron chi connectivity index (χ0n) is 10.1. The van der Waals surface area contributed by atoms with Crippen molar-refractivity contribution < 1.29 is 4.74 Å². The molecule has 0 spiro atoms. The highest BCUT2D eigenvalue weighted by atomic mass is 79.9. The Labute approximate surface area is 110 Å². The van der Waals surface area contributed by atoms with E-state index in [2.05, 4.69) is 43.2 Å². The number of nitrogens with zero attached hydrogens (tertiary/aromatic N) is 3. The Hall–Kier alpha value is -0.880. The molecule has 1 aromatic rings. The van der Waals surface area contributed by atoms with Gasteiger partial charge in [-0.3, -0.25) is 0 Å². The van der Waals surface area contributed by atoms with Gasteiger partial charge in [-0.2, -0.15) is 4.98 Å². The number of hydrogen-bond acceptors (Lipinski definition) is 5. The van der Waals surface area contributed by atoms with Gasteiger partial charge in [-0.25, -0.2) is 4.98 Å². The second-order valence-electron chi connectivity index (χ2n) is 4.22. The van der Waals surface area contributed by atoms with E-state index in [9.17, 15) is 0 Å². The Morgan fingerprint density at radius 3 is 2.82 bits per heavy atom. The van der Waals surface area contributed by atoms with Gasteiger partial charge >= 0.3 is 0 Å². The molecule has 1 fully saturated rings. The van der Waals surface area contributed by atoms with E-state index in [-0.39, 0.29) is 6.10 Å². The number of anilines is 1. The topological polar surface area (TPSA) is 50.3 Å². The number of aromatic nitrogens is 2. The van der Waals surface area contributed by atoms with Crippen LogP contribution in [0, 0.1) is 0 Å². The van der Waals surface area contributed by atoms with Crippen LogP contribution >= 0.6 is 15.9 Å². The summed E-state index contributed by atoms with van der Waals surface area (Å²) in [5.74, 6) is 1.20. The number of nitrogens with one attached hydrogen (secondary N) is 1. The van der Waals surface area contributed by atoms with Crippen molar-refractivity contribution in [2.45, 2.75) is 18.9 Å². The van der Waals surface area contributed by atoms with Gasteiger partial charge in [-0.05, 0) is 35.8 Å². The summed E-state index contributed by atoms with van der Waals surface area (Å²) >= 11 is 3.41. The van der Waals surface area contributed by atoms with Crippen LogP contribution in [-0.2, 0) is 0 Å². The van der Waals surface area contributed by atoms with Gasteiger partial charge in [0.05, 0.1) is 10.7 Å². The standard InChI is InChI=1S/C11H17BrN4O/c1-13-11-14-7-9(12)10(15-11)17-8-3-5-16(2)6-4-8/h7-8H,3-6H2,1-2H3,(H,13,14,15). The van der Waals surface area contributed by atoms with Gasteiger partial charge in [0.1, 0.15) is 6.10 Å². The van der Waals surface area contributed by atoms with Gasteiger partial charge in [-0.1, -0.05) is 0 Å². The van der Waals surface area contributed by atoms with Crippen molar-refractivity contribution >= 4 is 21.9 Å². The van der Waals surface area contributed by atoms with Crippen molar-refractivity contribution in [1.82, 2.24) is 14.9 Å². The van der Waals surface area contributed by atoms with Crippen molar-refractivity contribution in [2.24, 2.45) is 0 Å².